The normalized spacial score (nSPS) is 21.8. The average Bonchev–Trinajstić information content (AvgIpc) is 3.41. The standard InChI is InChI=1S/C19H26N2O3/c1-23-11-8-21-13-19(6-9-24-10-7-19)16-12-15(4-5-17(16)21)20-18(22)14-2-3-14/h4-5,12,14H,2-3,6-11,13H2,1H3,(H,20,22). The molecule has 0 radical (unpaired) electrons. The van der Waals surface area contributed by atoms with Gasteiger partial charge in [0.05, 0.1) is 6.61 Å². The van der Waals surface area contributed by atoms with Crippen molar-refractivity contribution in [1.82, 2.24) is 0 Å². The maximum Gasteiger partial charge on any atom is 0.227 e. The highest BCUT2D eigenvalue weighted by Gasteiger charge is 2.43. The summed E-state index contributed by atoms with van der Waals surface area (Å²) < 4.78 is 10.9. The van der Waals surface area contributed by atoms with Gasteiger partial charge in [-0.25, -0.2) is 0 Å². The molecule has 5 nitrogen and oxygen atoms in total. The molecular formula is C19H26N2O3. The van der Waals surface area contributed by atoms with Crippen LogP contribution in [0.15, 0.2) is 18.2 Å². The number of amides is 1. The van der Waals surface area contributed by atoms with Gasteiger partial charge in [0, 0.05) is 56.1 Å². The molecule has 24 heavy (non-hydrogen) atoms. The van der Waals surface area contributed by atoms with Crippen molar-refractivity contribution in [3.63, 3.8) is 0 Å². The summed E-state index contributed by atoms with van der Waals surface area (Å²) in [5.74, 6) is 0.402. The predicted molar refractivity (Wildman–Crippen MR) is 93.6 cm³/mol. The Morgan fingerprint density at radius 1 is 1.38 bits per heavy atom. The van der Waals surface area contributed by atoms with Gasteiger partial charge in [0.25, 0.3) is 0 Å². The third-order valence-electron chi connectivity index (χ3n) is 5.63. The van der Waals surface area contributed by atoms with Crippen molar-refractivity contribution in [1.29, 1.82) is 0 Å². The zero-order valence-electron chi connectivity index (χ0n) is 14.3. The molecule has 0 unspecified atom stereocenters. The molecular weight excluding hydrogens is 304 g/mol. The minimum atomic E-state index is 0.154. The third kappa shape index (κ3) is 2.91. The molecule has 1 aromatic rings. The van der Waals surface area contributed by atoms with Gasteiger partial charge in [-0.2, -0.15) is 0 Å². The molecule has 1 amide bonds. The quantitative estimate of drug-likeness (QED) is 0.901. The number of methoxy groups -OCH3 is 1. The van der Waals surface area contributed by atoms with Crippen LogP contribution in [-0.2, 0) is 19.7 Å². The lowest BCUT2D eigenvalue weighted by molar-refractivity contribution is -0.117. The van der Waals surface area contributed by atoms with E-state index in [0.717, 1.165) is 64.3 Å². The van der Waals surface area contributed by atoms with Crippen LogP contribution in [0.2, 0.25) is 0 Å². The number of hydrogen-bond donors (Lipinski definition) is 1. The minimum absolute atomic E-state index is 0.154. The Bertz CT molecular complexity index is 621. The summed E-state index contributed by atoms with van der Waals surface area (Å²) >= 11 is 0. The maximum absolute atomic E-state index is 12.1. The summed E-state index contributed by atoms with van der Waals surface area (Å²) in [6.45, 7) is 4.29. The average molecular weight is 330 g/mol. The Balaban J connectivity index is 1.62. The minimum Gasteiger partial charge on any atom is -0.383 e. The number of anilines is 2. The number of rotatable bonds is 5. The smallest absolute Gasteiger partial charge is 0.227 e. The van der Waals surface area contributed by atoms with E-state index in [2.05, 4.69) is 22.3 Å². The summed E-state index contributed by atoms with van der Waals surface area (Å²) in [6, 6.07) is 6.41. The predicted octanol–water partition coefficient (Wildman–Crippen LogP) is 2.55. The first-order chi connectivity index (χ1) is 11.7. The molecule has 1 aromatic carbocycles. The van der Waals surface area contributed by atoms with E-state index in [-0.39, 0.29) is 17.2 Å². The Hall–Kier alpha value is -1.59. The van der Waals surface area contributed by atoms with Crippen LogP contribution in [0.5, 0.6) is 0 Å². The second-order valence-electron chi connectivity index (χ2n) is 7.30. The molecule has 3 aliphatic rings. The molecule has 1 saturated heterocycles. The molecule has 0 bridgehead atoms. The van der Waals surface area contributed by atoms with Gasteiger partial charge in [0.2, 0.25) is 5.91 Å². The highest BCUT2D eigenvalue weighted by molar-refractivity contribution is 5.94. The zero-order chi connectivity index (χ0) is 16.6. The van der Waals surface area contributed by atoms with Crippen LogP contribution >= 0.6 is 0 Å². The Labute approximate surface area is 143 Å². The molecule has 1 aliphatic carbocycles. The fourth-order valence-corrected chi connectivity index (χ4v) is 4.03. The molecule has 1 spiro atoms. The van der Waals surface area contributed by atoms with Crippen molar-refractivity contribution in [2.75, 3.05) is 50.2 Å². The topological polar surface area (TPSA) is 50.8 Å². The second kappa shape index (κ2) is 6.37. The van der Waals surface area contributed by atoms with Crippen molar-refractivity contribution in [2.24, 2.45) is 5.92 Å². The van der Waals surface area contributed by atoms with E-state index in [4.69, 9.17) is 9.47 Å². The molecule has 0 atom stereocenters. The number of nitrogens with zero attached hydrogens (tertiary/aromatic N) is 1. The van der Waals surface area contributed by atoms with E-state index in [1.807, 2.05) is 6.07 Å². The first kappa shape index (κ1) is 15.9. The second-order valence-corrected chi connectivity index (χ2v) is 7.30. The van der Waals surface area contributed by atoms with Gasteiger partial charge in [-0.05, 0) is 49.4 Å². The fourth-order valence-electron chi connectivity index (χ4n) is 4.03. The molecule has 130 valence electrons. The molecule has 4 rings (SSSR count). The summed E-state index contributed by atoms with van der Waals surface area (Å²) in [6.07, 6.45) is 4.15. The SMILES string of the molecule is COCCN1CC2(CCOCC2)c2cc(NC(=O)C3CC3)ccc21. The molecule has 1 saturated carbocycles. The summed E-state index contributed by atoms with van der Waals surface area (Å²) in [4.78, 5) is 14.5. The monoisotopic (exact) mass is 330 g/mol. The third-order valence-corrected chi connectivity index (χ3v) is 5.63. The van der Waals surface area contributed by atoms with Crippen LogP contribution in [0.4, 0.5) is 11.4 Å². The lowest BCUT2D eigenvalue weighted by atomic mass is 9.76. The summed E-state index contributed by atoms with van der Waals surface area (Å²) in [7, 11) is 1.75. The van der Waals surface area contributed by atoms with Crippen molar-refractivity contribution in [3.05, 3.63) is 23.8 Å². The van der Waals surface area contributed by atoms with Gasteiger partial charge in [-0.1, -0.05) is 0 Å². The Morgan fingerprint density at radius 3 is 2.88 bits per heavy atom. The lowest BCUT2D eigenvalue weighted by Crippen LogP contribution is -2.39. The first-order valence-electron chi connectivity index (χ1n) is 8.99. The number of carbonyl (C=O) groups is 1. The highest BCUT2D eigenvalue weighted by atomic mass is 16.5. The number of hydrogen-bond acceptors (Lipinski definition) is 4. The van der Waals surface area contributed by atoms with Crippen molar-refractivity contribution < 1.29 is 14.3 Å². The van der Waals surface area contributed by atoms with Gasteiger partial charge < -0.3 is 19.7 Å². The van der Waals surface area contributed by atoms with Crippen LogP contribution in [0, 0.1) is 5.92 Å². The Kier molecular flexibility index (Phi) is 4.22. The van der Waals surface area contributed by atoms with Crippen LogP contribution in [0.1, 0.15) is 31.2 Å². The van der Waals surface area contributed by atoms with Crippen molar-refractivity contribution >= 4 is 17.3 Å². The summed E-state index contributed by atoms with van der Waals surface area (Å²) in [5, 5.41) is 3.10. The van der Waals surface area contributed by atoms with Gasteiger partial charge in [0.1, 0.15) is 0 Å². The molecule has 1 N–H and O–H groups in total. The Morgan fingerprint density at radius 2 is 2.17 bits per heavy atom. The fraction of sp³-hybridized carbons (Fsp3) is 0.632. The van der Waals surface area contributed by atoms with Gasteiger partial charge in [-0.15, -0.1) is 0 Å². The van der Waals surface area contributed by atoms with Crippen molar-refractivity contribution in [2.45, 2.75) is 31.1 Å². The van der Waals surface area contributed by atoms with Crippen LogP contribution in [0.25, 0.3) is 0 Å². The lowest BCUT2D eigenvalue weighted by Gasteiger charge is -2.34. The van der Waals surface area contributed by atoms with E-state index >= 15 is 0 Å². The van der Waals surface area contributed by atoms with Crippen molar-refractivity contribution in [3.8, 4) is 0 Å². The van der Waals surface area contributed by atoms with Crippen LogP contribution in [0.3, 0.4) is 0 Å². The number of carbonyl (C=O) groups excluding carboxylic acids is 1. The first-order valence-corrected chi connectivity index (χ1v) is 8.99. The number of ether oxygens (including phenoxy) is 2. The van der Waals surface area contributed by atoms with Gasteiger partial charge in [0.15, 0.2) is 0 Å². The summed E-state index contributed by atoms with van der Waals surface area (Å²) in [5.41, 5.74) is 3.75. The number of benzene rings is 1. The molecule has 5 heteroatoms. The van der Waals surface area contributed by atoms with E-state index < -0.39 is 0 Å². The molecule has 2 heterocycles. The zero-order valence-corrected chi connectivity index (χ0v) is 14.3. The largest absolute Gasteiger partial charge is 0.383 e. The maximum atomic E-state index is 12.1. The molecule has 0 aromatic heterocycles. The number of fused-ring (bicyclic) bond motifs is 2. The van der Waals surface area contributed by atoms with Crippen LogP contribution in [-0.4, -0.2) is 45.9 Å². The van der Waals surface area contributed by atoms with E-state index in [1.165, 1.54) is 11.3 Å². The molecule has 2 aliphatic heterocycles. The van der Waals surface area contributed by atoms with Gasteiger partial charge >= 0.3 is 0 Å². The van der Waals surface area contributed by atoms with Gasteiger partial charge in [-0.3, -0.25) is 4.79 Å². The molecule has 2 fully saturated rings. The number of nitrogens with one attached hydrogen (secondary N) is 1. The van der Waals surface area contributed by atoms with Crippen LogP contribution < -0.4 is 10.2 Å². The van der Waals surface area contributed by atoms with E-state index in [0.29, 0.717) is 0 Å². The highest BCUT2D eigenvalue weighted by Crippen LogP contribution is 2.47. The van der Waals surface area contributed by atoms with E-state index in [1.54, 1.807) is 7.11 Å². The van der Waals surface area contributed by atoms with E-state index in [9.17, 15) is 4.79 Å².